The summed E-state index contributed by atoms with van der Waals surface area (Å²) in [5.41, 5.74) is 2.32. The summed E-state index contributed by atoms with van der Waals surface area (Å²) in [7, 11) is 0. The van der Waals surface area contributed by atoms with Gasteiger partial charge in [-0.05, 0) is 29.3 Å². The van der Waals surface area contributed by atoms with Crippen molar-refractivity contribution in [2.75, 3.05) is 5.32 Å². The molecule has 0 spiro atoms. The first-order chi connectivity index (χ1) is 9.54. The molecule has 0 fully saturated rings. The summed E-state index contributed by atoms with van der Waals surface area (Å²) in [5.74, 6) is 0. The number of rotatable bonds is 1. The number of alkyl halides is 3. The fraction of sp³-hybridized carbons (Fsp3) is 0.200. The number of hydrogen-bond donors (Lipinski definition) is 2. The Labute approximate surface area is 114 Å². The lowest BCUT2D eigenvalue weighted by Gasteiger charge is -2.28. The molecule has 20 heavy (non-hydrogen) atoms. The van der Waals surface area contributed by atoms with Crippen LogP contribution in [0.3, 0.4) is 0 Å². The van der Waals surface area contributed by atoms with Gasteiger partial charge in [0.25, 0.3) is 0 Å². The first kappa shape index (κ1) is 13.0. The predicted octanol–water partition coefficient (Wildman–Crippen LogP) is 3.92. The number of halogens is 3. The fourth-order valence-electron chi connectivity index (χ4n) is 2.30. The third-order valence-electron chi connectivity index (χ3n) is 3.39. The van der Waals surface area contributed by atoms with E-state index in [-0.39, 0.29) is 6.17 Å². The fourth-order valence-corrected chi connectivity index (χ4v) is 2.30. The molecule has 2 aromatic rings. The van der Waals surface area contributed by atoms with Crippen molar-refractivity contribution in [2.45, 2.75) is 18.9 Å². The van der Waals surface area contributed by atoms with Gasteiger partial charge >= 0.3 is 6.18 Å². The lowest BCUT2D eigenvalue weighted by atomic mass is 10.0. The standard InChI is InChI=1S/C15H13F3N2/c16-15(17,18)12-7-5-10(6-8-12)14-19-9-11-3-1-2-4-13(11)20-14/h1-8,14,19-20H,9H2. The van der Waals surface area contributed by atoms with Crippen LogP contribution in [-0.2, 0) is 12.7 Å². The SMILES string of the molecule is FC(F)(F)c1ccc(C2NCc3ccccc3N2)cc1. The Morgan fingerprint density at radius 3 is 2.35 bits per heavy atom. The predicted molar refractivity (Wildman–Crippen MR) is 71.1 cm³/mol. The molecule has 2 aromatic carbocycles. The van der Waals surface area contributed by atoms with Crippen molar-refractivity contribution in [3.8, 4) is 0 Å². The van der Waals surface area contributed by atoms with E-state index in [4.69, 9.17) is 0 Å². The van der Waals surface area contributed by atoms with E-state index in [0.29, 0.717) is 6.54 Å². The van der Waals surface area contributed by atoms with Gasteiger partial charge in [0.1, 0.15) is 6.17 Å². The van der Waals surface area contributed by atoms with Crippen molar-refractivity contribution in [1.29, 1.82) is 0 Å². The molecule has 0 amide bonds. The zero-order chi connectivity index (χ0) is 14.2. The summed E-state index contributed by atoms with van der Waals surface area (Å²) >= 11 is 0. The molecular weight excluding hydrogens is 265 g/mol. The van der Waals surface area contributed by atoms with Gasteiger partial charge in [-0.1, -0.05) is 30.3 Å². The second kappa shape index (κ2) is 4.83. The molecule has 2 nitrogen and oxygen atoms in total. The topological polar surface area (TPSA) is 24.1 Å². The summed E-state index contributed by atoms with van der Waals surface area (Å²) in [4.78, 5) is 0. The minimum atomic E-state index is -4.29. The minimum absolute atomic E-state index is 0.174. The molecular formula is C15H13F3N2. The molecule has 5 heteroatoms. The molecule has 0 saturated heterocycles. The van der Waals surface area contributed by atoms with Crippen LogP contribution >= 0.6 is 0 Å². The Bertz CT molecular complexity index is 605. The van der Waals surface area contributed by atoms with E-state index in [2.05, 4.69) is 10.6 Å². The Morgan fingerprint density at radius 1 is 0.950 bits per heavy atom. The van der Waals surface area contributed by atoms with Crippen LogP contribution in [-0.4, -0.2) is 0 Å². The van der Waals surface area contributed by atoms with Crippen LogP contribution < -0.4 is 10.6 Å². The molecule has 0 saturated carbocycles. The van der Waals surface area contributed by atoms with Crippen LogP contribution in [0.15, 0.2) is 48.5 Å². The first-order valence-electron chi connectivity index (χ1n) is 6.29. The van der Waals surface area contributed by atoms with Gasteiger partial charge in [0.05, 0.1) is 5.56 Å². The summed E-state index contributed by atoms with van der Waals surface area (Å²) in [5, 5.41) is 6.54. The second-order valence-electron chi connectivity index (χ2n) is 4.74. The zero-order valence-electron chi connectivity index (χ0n) is 10.5. The molecule has 0 radical (unpaired) electrons. The maximum Gasteiger partial charge on any atom is 0.416 e. The quantitative estimate of drug-likeness (QED) is 0.826. The van der Waals surface area contributed by atoms with Crippen molar-refractivity contribution >= 4 is 5.69 Å². The van der Waals surface area contributed by atoms with Crippen LogP contribution in [0.5, 0.6) is 0 Å². The van der Waals surface area contributed by atoms with Gasteiger partial charge in [-0.2, -0.15) is 13.2 Å². The van der Waals surface area contributed by atoms with Gasteiger partial charge in [-0.25, -0.2) is 0 Å². The highest BCUT2D eigenvalue weighted by atomic mass is 19.4. The number of nitrogens with one attached hydrogen (secondary N) is 2. The Balaban J connectivity index is 1.81. The molecule has 1 unspecified atom stereocenters. The lowest BCUT2D eigenvalue weighted by Crippen LogP contribution is -2.32. The molecule has 1 atom stereocenters. The molecule has 1 aliphatic rings. The van der Waals surface area contributed by atoms with Crippen LogP contribution in [0.1, 0.15) is 22.9 Å². The van der Waals surface area contributed by atoms with Crippen molar-refractivity contribution in [3.05, 3.63) is 65.2 Å². The number of para-hydroxylation sites is 1. The second-order valence-corrected chi connectivity index (χ2v) is 4.74. The van der Waals surface area contributed by atoms with Crippen molar-refractivity contribution in [1.82, 2.24) is 5.32 Å². The monoisotopic (exact) mass is 278 g/mol. The van der Waals surface area contributed by atoms with E-state index in [1.807, 2.05) is 24.3 Å². The lowest BCUT2D eigenvalue weighted by molar-refractivity contribution is -0.137. The van der Waals surface area contributed by atoms with Crippen LogP contribution in [0.25, 0.3) is 0 Å². The van der Waals surface area contributed by atoms with Gasteiger partial charge in [0.2, 0.25) is 0 Å². The molecule has 2 N–H and O–H groups in total. The normalized spacial score (nSPS) is 18.2. The first-order valence-corrected chi connectivity index (χ1v) is 6.29. The highest BCUT2D eigenvalue weighted by Crippen LogP contribution is 2.31. The van der Waals surface area contributed by atoms with Crippen molar-refractivity contribution in [3.63, 3.8) is 0 Å². The van der Waals surface area contributed by atoms with Crippen molar-refractivity contribution < 1.29 is 13.2 Å². The van der Waals surface area contributed by atoms with E-state index in [0.717, 1.165) is 28.9 Å². The van der Waals surface area contributed by atoms with Crippen LogP contribution in [0, 0.1) is 0 Å². The molecule has 1 aliphatic heterocycles. The molecule has 0 aliphatic carbocycles. The summed E-state index contributed by atoms with van der Waals surface area (Å²) < 4.78 is 37.6. The molecule has 0 aromatic heterocycles. The van der Waals surface area contributed by atoms with Gasteiger partial charge in [0, 0.05) is 12.2 Å². The Morgan fingerprint density at radius 2 is 1.65 bits per heavy atom. The number of anilines is 1. The van der Waals surface area contributed by atoms with E-state index in [1.165, 1.54) is 12.1 Å². The van der Waals surface area contributed by atoms with Crippen LogP contribution in [0.4, 0.5) is 18.9 Å². The maximum atomic E-state index is 12.5. The van der Waals surface area contributed by atoms with E-state index < -0.39 is 11.7 Å². The molecule has 1 heterocycles. The number of fused-ring (bicyclic) bond motifs is 1. The maximum absolute atomic E-state index is 12.5. The number of benzene rings is 2. The van der Waals surface area contributed by atoms with E-state index in [1.54, 1.807) is 0 Å². The highest BCUT2D eigenvalue weighted by molar-refractivity contribution is 5.54. The summed E-state index contributed by atoms with van der Waals surface area (Å²) in [6.07, 6.45) is -4.47. The third-order valence-corrected chi connectivity index (χ3v) is 3.39. The Hall–Kier alpha value is -2.01. The average Bonchev–Trinajstić information content (AvgIpc) is 2.46. The summed E-state index contributed by atoms with van der Waals surface area (Å²) in [6.45, 7) is 0.689. The van der Waals surface area contributed by atoms with Gasteiger partial charge in [0.15, 0.2) is 0 Å². The van der Waals surface area contributed by atoms with E-state index >= 15 is 0 Å². The smallest absolute Gasteiger partial charge is 0.366 e. The molecule has 0 bridgehead atoms. The van der Waals surface area contributed by atoms with E-state index in [9.17, 15) is 13.2 Å². The largest absolute Gasteiger partial charge is 0.416 e. The van der Waals surface area contributed by atoms with Crippen molar-refractivity contribution in [2.24, 2.45) is 0 Å². The minimum Gasteiger partial charge on any atom is -0.366 e. The van der Waals surface area contributed by atoms with Gasteiger partial charge < -0.3 is 5.32 Å². The Kier molecular flexibility index (Phi) is 3.14. The summed E-state index contributed by atoms with van der Waals surface area (Å²) in [6, 6.07) is 13.1. The highest BCUT2D eigenvalue weighted by Gasteiger charge is 2.30. The molecule has 3 rings (SSSR count). The van der Waals surface area contributed by atoms with Crippen LogP contribution in [0.2, 0.25) is 0 Å². The average molecular weight is 278 g/mol. The number of hydrogen-bond acceptors (Lipinski definition) is 2. The zero-order valence-corrected chi connectivity index (χ0v) is 10.5. The molecule has 104 valence electrons. The third kappa shape index (κ3) is 2.49. The van der Waals surface area contributed by atoms with Gasteiger partial charge in [-0.3, -0.25) is 5.32 Å². The van der Waals surface area contributed by atoms with Gasteiger partial charge in [-0.15, -0.1) is 0 Å².